The minimum Gasteiger partial charge on any atom is -0.368 e. The number of aromatic nitrogens is 4. The lowest BCUT2D eigenvalue weighted by molar-refractivity contribution is -0.140. The van der Waals surface area contributed by atoms with Crippen LogP contribution in [-0.4, -0.2) is 56.3 Å². The molecule has 2 aromatic heterocycles. The van der Waals surface area contributed by atoms with E-state index in [-0.39, 0.29) is 18.6 Å². The van der Waals surface area contributed by atoms with Crippen molar-refractivity contribution in [3.05, 3.63) is 29.6 Å². The summed E-state index contributed by atoms with van der Waals surface area (Å²) in [6, 6.07) is 4.98. The van der Waals surface area contributed by atoms with Crippen LogP contribution in [-0.2, 0) is 22.6 Å². The molecule has 3 amide bonds. The number of carbonyl (C=O) groups is 2. The van der Waals surface area contributed by atoms with Gasteiger partial charge < -0.3 is 15.0 Å². The summed E-state index contributed by atoms with van der Waals surface area (Å²) in [7, 11) is 1.69. The number of amides is 3. The van der Waals surface area contributed by atoms with E-state index < -0.39 is 6.03 Å². The molecule has 1 saturated heterocycles. The van der Waals surface area contributed by atoms with E-state index >= 15 is 0 Å². The number of hydrogen-bond acceptors (Lipinski definition) is 9. The van der Waals surface area contributed by atoms with Crippen LogP contribution in [0.25, 0.3) is 11.0 Å². The summed E-state index contributed by atoms with van der Waals surface area (Å²) in [5, 5.41) is 13.2. The number of rotatable bonds is 6. The predicted molar refractivity (Wildman–Crippen MR) is 103 cm³/mol. The van der Waals surface area contributed by atoms with E-state index in [1.54, 1.807) is 19.2 Å². The van der Waals surface area contributed by atoms with Crippen LogP contribution in [0.15, 0.2) is 22.8 Å². The zero-order valence-corrected chi connectivity index (χ0v) is 16.4. The van der Waals surface area contributed by atoms with E-state index in [9.17, 15) is 9.59 Å². The molecule has 1 aliphatic heterocycles. The number of ether oxygens (including phenoxy) is 1. The Hall–Kier alpha value is -3.12. The van der Waals surface area contributed by atoms with Gasteiger partial charge in [-0.05, 0) is 40.9 Å². The van der Waals surface area contributed by atoms with Crippen LogP contribution in [0.1, 0.15) is 24.2 Å². The third-order valence-corrected chi connectivity index (χ3v) is 5.09. The number of likely N-dealkylation sites (N-methyl/N-ethyl adjacent to an activating group) is 1. The molecule has 0 bridgehead atoms. The Labute approximate surface area is 169 Å². The van der Waals surface area contributed by atoms with Crippen molar-refractivity contribution in [3.63, 3.8) is 0 Å². The van der Waals surface area contributed by atoms with Crippen molar-refractivity contribution in [2.75, 3.05) is 19.0 Å². The van der Waals surface area contributed by atoms with Crippen molar-refractivity contribution >= 4 is 39.6 Å². The van der Waals surface area contributed by atoms with Crippen LogP contribution < -0.4 is 10.6 Å². The minimum atomic E-state index is -0.408. The third kappa shape index (κ3) is 4.66. The highest BCUT2D eigenvalue weighted by atomic mass is 32.1. The summed E-state index contributed by atoms with van der Waals surface area (Å²) in [5.74, 6) is 0.381. The first kappa shape index (κ1) is 19.2. The third-order valence-electron chi connectivity index (χ3n) is 4.42. The minimum absolute atomic E-state index is 0.0798. The Kier molecular flexibility index (Phi) is 5.62. The van der Waals surface area contributed by atoms with Gasteiger partial charge in [-0.2, -0.15) is 4.37 Å². The number of fused-ring (bicyclic) bond motifs is 1. The first-order valence-electron chi connectivity index (χ1n) is 9.04. The highest BCUT2D eigenvalue weighted by Gasteiger charge is 2.27. The topological polar surface area (TPSA) is 135 Å². The van der Waals surface area contributed by atoms with Crippen LogP contribution in [0.2, 0.25) is 0 Å². The van der Waals surface area contributed by atoms with Crippen LogP contribution in [0.5, 0.6) is 0 Å². The smallest absolute Gasteiger partial charge is 0.321 e. The van der Waals surface area contributed by atoms with Crippen LogP contribution in [0.4, 0.5) is 9.93 Å². The molecule has 12 heteroatoms. The van der Waals surface area contributed by atoms with Crippen LogP contribution in [0, 0.1) is 0 Å². The maximum atomic E-state index is 12.3. The average molecular weight is 417 g/mol. The summed E-state index contributed by atoms with van der Waals surface area (Å²) in [4.78, 5) is 30.2. The van der Waals surface area contributed by atoms with Crippen molar-refractivity contribution < 1.29 is 19.0 Å². The number of anilines is 1. The first-order chi connectivity index (χ1) is 14.1. The van der Waals surface area contributed by atoms with Gasteiger partial charge in [0, 0.05) is 31.7 Å². The Morgan fingerprint density at radius 3 is 3.00 bits per heavy atom. The quantitative estimate of drug-likeness (QED) is 0.616. The Morgan fingerprint density at radius 1 is 1.31 bits per heavy atom. The zero-order valence-electron chi connectivity index (χ0n) is 15.6. The normalized spacial score (nSPS) is 16.1. The zero-order chi connectivity index (χ0) is 20.2. The second-order valence-corrected chi connectivity index (χ2v) is 7.36. The number of nitrogens with one attached hydrogen (secondary N) is 2. The molecular weight excluding hydrogens is 398 g/mol. The molecule has 0 unspecified atom stereocenters. The molecule has 1 atom stereocenters. The van der Waals surface area contributed by atoms with E-state index in [0.717, 1.165) is 29.9 Å². The van der Waals surface area contributed by atoms with Gasteiger partial charge in [0.15, 0.2) is 5.82 Å². The van der Waals surface area contributed by atoms with Crippen LogP contribution in [0.3, 0.4) is 0 Å². The maximum Gasteiger partial charge on any atom is 0.321 e. The Balaban J connectivity index is 1.26. The Morgan fingerprint density at radius 2 is 2.17 bits per heavy atom. The van der Waals surface area contributed by atoms with E-state index in [4.69, 9.17) is 4.74 Å². The van der Waals surface area contributed by atoms with Crippen molar-refractivity contribution in [2.45, 2.75) is 32.0 Å². The van der Waals surface area contributed by atoms with Gasteiger partial charge in [0.1, 0.15) is 17.1 Å². The molecule has 29 heavy (non-hydrogen) atoms. The SMILES string of the molecule is CN(Cc1nsc(NC(=O)NCc2ccc3nonc3c2)n1)C(=O)[C@H]1CCCO1. The fourth-order valence-electron chi connectivity index (χ4n) is 2.94. The average Bonchev–Trinajstić information content (AvgIpc) is 3.47. The molecule has 2 N–H and O–H groups in total. The summed E-state index contributed by atoms with van der Waals surface area (Å²) in [6.07, 6.45) is 1.25. The monoisotopic (exact) mass is 417 g/mol. The summed E-state index contributed by atoms with van der Waals surface area (Å²) in [5.41, 5.74) is 2.14. The highest BCUT2D eigenvalue weighted by Crippen LogP contribution is 2.17. The van der Waals surface area contributed by atoms with Gasteiger partial charge in [-0.3, -0.25) is 10.1 Å². The molecular formula is C17H19N7O4S. The lowest BCUT2D eigenvalue weighted by Crippen LogP contribution is -2.35. The molecule has 152 valence electrons. The van der Waals surface area contributed by atoms with E-state index in [0.29, 0.717) is 35.1 Å². The van der Waals surface area contributed by atoms with Gasteiger partial charge in [0.2, 0.25) is 5.13 Å². The molecule has 1 aliphatic rings. The number of urea groups is 1. The lowest BCUT2D eigenvalue weighted by atomic mass is 10.2. The maximum absolute atomic E-state index is 12.3. The molecule has 3 aromatic rings. The molecule has 1 aromatic carbocycles. The van der Waals surface area contributed by atoms with Crippen molar-refractivity contribution in [3.8, 4) is 0 Å². The van der Waals surface area contributed by atoms with E-state index in [2.05, 4.69) is 34.9 Å². The van der Waals surface area contributed by atoms with Gasteiger partial charge in [-0.15, -0.1) is 0 Å². The molecule has 1 fully saturated rings. The number of benzene rings is 1. The van der Waals surface area contributed by atoms with Gasteiger partial charge in [-0.1, -0.05) is 6.07 Å². The molecule has 3 heterocycles. The second-order valence-electron chi connectivity index (χ2n) is 6.61. The van der Waals surface area contributed by atoms with Gasteiger partial charge in [0.05, 0.1) is 6.54 Å². The lowest BCUT2D eigenvalue weighted by Gasteiger charge is -2.18. The van der Waals surface area contributed by atoms with Gasteiger partial charge >= 0.3 is 6.03 Å². The molecule has 0 aliphatic carbocycles. The summed E-state index contributed by atoms with van der Waals surface area (Å²) >= 11 is 1.06. The largest absolute Gasteiger partial charge is 0.368 e. The van der Waals surface area contributed by atoms with E-state index in [1.165, 1.54) is 4.90 Å². The number of nitrogens with zero attached hydrogens (tertiary/aromatic N) is 5. The van der Waals surface area contributed by atoms with Crippen LogP contribution >= 0.6 is 11.5 Å². The fourth-order valence-corrected chi connectivity index (χ4v) is 3.51. The summed E-state index contributed by atoms with van der Waals surface area (Å²) in [6.45, 7) is 1.18. The van der Waals surface area contributed by atoms with Crippen molar-refractivity contribution in [2.24, 2.45) is 0 Å². The Bertz CT molecular complexity index is 1010. The van der Waals surface area contributed by atoms with Gasteiger partial charge in [0.25, 0.3) is 5.91 Å². The van der Waals surface area contributed by atoms with Crippen molar-refractivity contribution in [1.29, 1.82) is 0 Å². The molecule has 11 nitrogen and oxygen atoms in total. The first-order valence-corrected chi connectivity index (χ1v) is 9.81. The number of hydrogen-bond donors (Lipinski definition) is 2. The molecule has 0 saturated carbocycles. The summed E-state index contributed by atoms with van der Waals surface area (Å²) < 4.78 is 14.3. The fraction of sp³-hybridized carbons (Fsp3) is 0.412. The number of carbonyl (C=O) groups excluding carboxylic acids is 2. The second kappa shape index (κ2) is 8.49. The van der Waals surface area contributed by atoms with E-state index in [1.807, 2.05) is 6.07 Å². The molecule has 0 spiro atoms. The molecule has 0 radical (unpaired) electrons. The standard InChI is InChI=1S/C17H19N7O4S/c1-24(15(25)13-3-2-6-27-13)9-14-19-17(29-23-14)20-16(26)18-8-10-4-5-11-12(7-10)22-28-21-11/h4-5,7,13H,2-3,6,8-9H2,1H3,(H2,18,19,20,23,26)/t13-/m1/s1. The highest BCUT2D eigenvalue weighted by molar-refractivity contribution is 7.09. The predicted octanol–water partition coefficient (Wildman–Crippen LogP) is 1.53. The molecule has 4 rings (SSSR count). The van der Waals surface area contributed by atoms with Gasteiger partial charge in [-0.25, -0.2) is 14.4 Å². The van der Waals surface area contributed by atoms with Crippen molar-refractivity contribution in [1.82, 2.24) is 29.9 Å².